The standard InChI is InChI=1S/C11H22O4/c1-6-11(7-12-3)10(14-5)9(13-4)8(2)15-11/h8-10H,6-7H2,1-5H3/t8-,9-,10-,11+/m0/s1. The van der Waals surface area contributed by atoms with Gasteiger partial charge < -0.3 is 18.9 Å². The molecule has 0 aliphatic carbocycles. The highest BCUT2D eigenvalue weighted by atomic mass is 16.6. The second kappa shape index (κ2) is 5.25. The van der Waals surface area contributed by atoms with Crippen molar-refractivity contribution in [3.8, 4) is 0 Å². The van der Waals surface area contributed by atoms with Gasteiger partial charge in [0.1, 0.15) is 17.8 Å². The maximum Gasteiger partial charge on any atom is 0.120 e. The summed E-state index contributed by atoms with van der Waals surface area (Å²) in [5, 5.41) is 0. The van der Waals surface area contributed by atoms with E-state index >= 15 is 0 Å². The summed E-state index contributed by atoms with van der Waals surface area (Å²) in [5.74, 6) is 0. The highest BCUT2D eigenvalue weighted by Crippen LogP contribution is 2.37. The Morgan fingerprint density at radius 3 is 2.27 bits per heavy atom. The Bertz CT molecular complexity index is 197. The van der Waals surface area contributed by atoms with Crippen molar-refractivity contribution in [1.29, 1.82) is 0 Å². The highest BCUT2D eigenvalue weighted by Gasteiger charge is 2.53. The number of rotatable bonds is 5. The Morgan fingerprint density at radius 1 is 1.20 bits per heavy atom. The minimum absolute atomic E-state index is 0.0231. The Morgan fingerprint density at radius 2 is 1.87 bits per heavy atom. The molecule has 0 radical (unpaired) electrons. The van der Waals surface area contributed by atoms with Crippen LogP contribution in [0.15, 0.2) is 0 Å². The molecule has 0 saturated carbocycles. The summed E-state index contributed by atoms with van der Waals surface area (Å²) in [7, 11) is 5.06. The summed E-state index contributed by atoms with van der Waals surface area (Å²) in [6.07, 6.45) is 0.798. The van der Waals surface area contributed by atoms with Gasteiger partial charge in [0.25, 0.3) is 0 Å². The summed E-state index contributed by atoms with van der Waals surface area (Å²) in [6.45, 7) is 4.62. The van der Waals surface area contributed by atoms with Gasteiger partial charge in [0.05, 0.1) is 12.7 Å². The highest BCUT2D eigenvalue weighted by molar-refractivity contribution is 5.02. The maximum atomic E-state index is 5.97. The van der Waals surface area contributed by atoms with E-state index in [-0.39, 0.29) is 23.9 Å². The molecule has 1 fully saturated rings. The zero-order valence-corrected chi connectivity index (χ0v) is 10.3. The van der Waals surface area contributed by atoms with E-state index < -0.39 is 0 Å². The molecule has 0 aromatic carbocycles. The second-order valence-electron chi connectivity index (χ2n) is 4.03. The van der Waals surface area contributed by atoms with Gasteiger partial charge in [-0.2, -0.15) is 0 Å². The molecule has 1 aliphatic rings. The third-order valence-corrected chi connectivity index (χ3v) is 3.21. The molecule has 0 unspecified atom stereocenters. The zero-order valence-electron chi connectivity index (χ0n) is 10.3. The van der Waals surface area contributed by atoms with Gasteiger partial charge in [-0.1, -0.05) is 6.92 Å². The van der Waals surface area contributed by atoms with Crippen LogP contribution in [0.4, 0.5) is 0 Å². The van der Waals surface area contributed by atoms with E-state index in [1.54, 1.807) is 21.3 Å². The average molecular weight is 218 g/mol. The van der Waals surface area contributed by atoms with Crippen LogP contribution in [-0.4, -0.2) is 51.8 Å². The predicted molar refractivity (Wildman–Crippen MR) is 57.0 cm³/mol. The van der Waals surface area contributed by atoms with Gasteiger partial charge in [-0.15, -0.1) is 0 Å². The first-order valence-electron chi connectivity index (χ1n) is 5.37. The van der Waals surface area contributed by atoms with Crippen LogP contribution >= 0.6 is 0 Å². The number of methoxy groups -OCH3 is 3. The topological polar surface area (TPSA) is 36.9 Å². The van der Waals surface area contributed by atoms with Crippen molar-refractivity contribution >= 4 is 0 Å². The van der Waals surface area contributed by atoms with E-state index in [1.165, 1.54) is 0 Å². The van der Waals surface area contributed by atoms with Crippen molar-refractivity contribution in [1.82, 2.24) is 0 Å². The van der Waals surface area contributed by atoms with Crippen LogP contribution in [0.25, 0.3) is 0 Å². The van der Waals surface area contributed by atoms with Crippen LogP contribution in [0.1, 0.15) is 20.3 Å². The number of hydrogen-bond acceptors (Lipinski definition) is 4. The Kier molecular flexibility index (Phi) is 4.52. The SMILES string of the molecule is CC[C@]1(COC)O[C@@H](C)[C@H](OC)[C@@H]1OC. The average Bonchev–Trinajstić information content (AvgIpc) is 2.51. The third-order valence-electron chi connectivity index (χ3n) is 3.21. The van der Waals surface area contributed by atoms with Crippen LogP contribution in [0.3, 0.4) is 0 Å². The van der Waals surface area contributed by atoms with Crippen LogP contribution in [0, 0.1) is 0 Å². The van der Waals surface area contributed by atoms with Crippen molar-refractivity contribution in [2.45, 2.75) is 44.2 Å². The Hall–Kier alpha value is -0.160. The minimum atomic E-state index is -0.371. The molecule has 1 rings (SSSR count). The monoisotopic (exact) mass is 218 g/mol. The van der Waals surface area contributed by atoms with E-state index in [0.717, 1.165) is 6.42 Å². The van der Waals surface area contributed by atoms with Crippen LogP contribution in [0.5, 0.6) is 0 Å². The van der Waals surface area contributed by atoms with Crippen LogP contribution in [-0.2, 0) is 18.9 Å². The van der Waals surface area contributed by atoms with Gasteiger partial charge in [0, 0.05) is 21.3 Å². The lowest BCUT2D eigenvalue weighted by Gasteiger charge is -2.32. The van der Waals surface area contributed by atoms with Gasteiger partial charge >= 0.3 is 0 Å². The van der Waals surface area contributed by atoms with Gasteiger partial charge in [0.2, 0.25) is 0 Å². The molecule has 0 amide bonds. The molecular formula is C11H22O4. The lowest BCUT2D eigenvalue weighted by molar-refractivity contribution is -0.127. The Balaban J connectivity index is 2.87. The minimum Gasteiger partial charge on any atom is -0.382 e. The van der Waals surface area contributed by atoms with E-state index in [0.29, 0.717) is 6.61 Å². The fraction of sp³-hybridized carbons (Fsp3) is 1.00. The third kappa shape index (κ3) is 2.18. The molecule has 4 atom stereocenters. The largest absolute Gasteiger partial charge is 0.382 e. The number of hydrogen-bond donors (Lipinski definition) is 0. The van der Waals surface area contributed by atoms with E-state index in [1.807, 2.05) is 6.92 Å². The zero-order chi connectivity index (χ0) is 11.5. The van der Waals surface area contributed by atoms with E-state index in [9.17, 15) is 0 Å². The van der Waals surface area contributed by atoms with Gasteiger partial charge in [-0.05, 0) is 13.3 Å². The van der Waals surface area contributed by atoms with Crippen LogP contribution in [0.2, 0.25) is 0 Å². The summed E-state index contributed by atoms with van der Waals surface area (Å²) in [5.41, 5.74) is -0.371. The van der Waals surface area contributed by atoms with Gasteiger partial charge in [-0.3, -0.25) is 0 Å². The van der Waals surface area contributed by atoms with Crippen molar-refractivity contribution in [2.24, 2.45) is 0 Å². The van der Waals surface area contributed by atoms with Crippen molar-refractivity contribution in [3.63, 3.8) is 0 Å². The first kappa shape index (κ1) is 12.9. The summed E-state index contributed by atoms with van der Waals surface area (Å²) in [6, 6.07) is 0. The summed E-state index contributed by atoms with van der Waals surface area (Å²) >= 11 is 0. The fourth-order valence-electron chi connectivity index (χ4n) is 2.46. The van der Waals surface area contributed by atoms with Crippen molar-refractivity contribution in [3.05, 3.63) is 0 Å². The molecule has 0 N–H and O–H groups in total. The first-order valence-corrected chi connectivity index (χ1v) is 5.37. The maximum absolute atomic E-state index is 5.97. The predicted octanol–water partition coefficient (Wildman–Crippen LogP) is 1.23. The van der Waals surface area contributed by atoms with Crippen molar-refractivity contribution in [2.75, 3.05) is 27.9 Å². The Labute approximate surface area is 91.8 Å². The van der Waals surface area contributed by atoms with Gasteiger partial charge in [-0.25, -0.2) is 0 Å². The van der Waals surface area contributed by atoms with Crippen molar-refractivity contribution < 1.29 is 18.9 Å². The summed E-state index contributed by atoms with van der Waals surface area (Å²) < 4.78 is 22.1. The molecule has 0 aromatic heterocycles. The second-order valence-corrected chi connectivity index (χ2v) is 4.03. The molecule has 1 aliphatic heterocycles. The lowest BCUT2D eigenvalue weighted by Crippen LogP contribution is -2.47. The number of ether oxygens (including phenoxy) is 4. The fourth-order valence-corrected chi connectivity index (χ4v) is 2.46. The van der Waals surface area contributed by atoms with E-state index in [4.69, 9.17) is 18.9 Å². The molecule has 4 nitrogen and oxygen atoms in total. The molecule has 1 heterocycles. The molecule has 90 valence electrons. The molecule has 15 heavy (non-hydrogen) atoms. The molecule has 0 bridgehead atoms. The normalized spacial score (nSPS) is 41.0. The molecule has 0 spiro atoms. The van der Waals surface area contributed by atoms with E-state index in [2.05, 4.69) is 6.92 Å². The van der Waals surface area contributed by atoms with Gasteiger partial charge in [0.15, 0.2) is 0 Å². The molecule has 1 saturated heterocycles. The molecule has 4 heteroatoms. The quantitative estimate of drug-likeness (QED) is 0.695. The summed E-state index contributed by atoms with van der Waals surface area (Å²) in [4.78, 5) is 0. The molecule has 0 aromatic rings. The molecular weight excluding hydrogens is 196 g/mol. The first-order chi connectivity index (χ1) is 7.15. The van der Waals surface area contributed by atoms with Crippen LogP contribution < -0.4 is 0 Å². The smallest absolute Gasteiger partial charge is 0.120 e. The lowest BCUT2D eigenvalue weighted by atomic mass is 9.92.